The third-order valence-electron chi connectivity index (χ3n) is 3.23. The van der Waals surface area contributed by atoms with Crippen molar-refractivity contribution in [3.8, 4) is 5.75 Å². The molecule has 0 bridgehead atoms. The van der Waals surface area contributed by atoms with E-state index in [4.69, 9.17) is 0 Å². The van der Waals surface area contributed by atoms with E-state index < -0.39 is 0 Å². The Morgan fingerprint density at radius 3 is 2.68 bits per heavy atom. The molecule has 0 amide bonds. The number of phenolic OH excluding ortho intramolecular Hbond substituents is 1. The van der Waals surface area contributed by atoms with E-state index in [9.17, 15) is 5.11 Å². The van der Waals surface area contributed by atoms with Gasteiger partial charge in [-0.2, -0.15) is 0 Å². The predicted octanol–water partition coefficient (Wildman–Crippen LogP) is 2.64. The van der Waals surface area contributed by atoms with Crippen LogP contribution in [-0.4, -0.2) is 28.6 Å². The van der Waals surface area contributed by atoms with Crippen molar-refractivity contribution < 1.29 is 5.11 Å². The van der Waals surface area contributed by atoms with Gasteiger partial charge >= 0.3 is 0 Å². The number of aromatic hydroxyl groups is 1. The second-order valence-electron chi connectivity index (χ2n) is 5.07. The lowest BCUT2D eigenvalue weighted by molar-refractivity contribution is 0.317. The first-order valence-corrected chi connectivity index (χ1v) is 6.60. The van der Waals surface area contributed by atoms with Gasteiger partial charge in [-0.05, 0) is 44.5 Å². The number of aliphatic imine (C=N–C) groups is 1. The third-order valence-corrected chi connectivity index (χ3v) is 3.23. The predicted molar refractivity (Wildman–Crippen MR) is 78.1 cm³/mol. The van der Waals surface area contributed by atoms with Crippen LogP contribution in [0.4, 0.5) is 0 Å². The summed E-state index contributed by atoms with van der Waals surface area (Å²) in [5.41, 5.74) is 1.04. The van der Waals surface area contributed by atoms with Crippen molar-refractivity contribution in [3.63, 3.8) is 0 Å². The molecule has 2 N–H and O–H groups in total. The fraction of sp³-hybridized carbons (Fsp3) is 0.400. The highest BCUT2D eigenvalue weighted by Gasteiger charge is 2.11. The molecular formula is C15H21N3O. The molecule has 0 saturated carbocycles. The van der Waals surface area contributed by atoms with Crippen LogP contribution in [0, 0.1) is 0 Å². The van der Waals surface area contributed by atoms with Crippen molar-refractivity contribution >= 4 is 5.84 Å². The lowest BCUT2D eigenvalue weighted by Crippen LogP contribution is -2.33. The van der Waals surface area contributed by atoms with Crippen molar-refractivity contribution in [2.75, 3.05) is 6.67 Å². The largest absolute Gasteiger partial charge is 0.508 e. The Bertz CT molecular complexity index is 494. The Morgan fingerprint density at radius 1 is 1.32 bits per heavy atom. The highest BCUT2D eigenvalue weighted by molar-refractivity contribution is 5.93. The molecule has 4 heteroatoms. The lowest BCUT2D eigenvalue weighted by atomic mass is 10.1. The van der Waals surface area contributed by atoms with Crippen LogP contribution in [0.5, 0.6) is 5.75 Å². The zero-order valence-electron chi connectivity index (χ0n) is 11.7. The summed E-state index contributed by atoms with van der Waals surface area (Å²) in [6, 6.07) is 7.86. The number of amidine groups is 1. The van der Waals surface area contributed by atoms with Crippen LogP contribution in [0.3, 0.4) is 0 Å². The van der Waals surface area contributed by atoms with E-state index in [1.54, 1.807) is 12.1 Å². The molecule has 1 aliphatic rings. The van der Waals surface area contributed by atoms with Crippen LogP contribution in [0.2, 0.25) is 0 Å². The van der Waals surface area contributed by atoms with Crippen molar-refractivity contribution in [2.45, 2.75) is 32.9 Å². The fourth-order valence-corrected chi connectivity index (χ4v) is 1.95. The van der Waals surface area contributed by atoms with Crippen LogP contribution in [0.25, 0.3) is 0 Å². The number of nitrogens with one attached hydrogen (secondary N) is 1. The summed E-state index contributed by atoms with van der Waals surface area (Å²) in [4.78, 5) is 6.67. The fourth-order valence-electron chi connectivity index (χ4n) is 1.95. The molecular weight excluding hydrogens is 238 g/mol. The van der Waals surface area contributed by atoms with Gasteiger partial charge in [-0.25, -0.2) is 4.99 Å². The van der Waals surface area contributed by atoms with E-state index in [0.717, 1.165) is 11.4 Å². The normalized spacial score (nSPS) is 16.4. The lowest BCUT2D eigenvalue weighted by Gasteiger charge is -2.27. The van der Waals surface area contributed by atoms with Gasteiger partial charge in [0.15, 0.2) is 0 Å². The zero-order chi connectivity index (χ0) is 13.8. The second kappa shape index (κ2) is 5.78. The first-order valence-electron chi connectivity index (χ1n) is 6.60. The molecule has 0 spiro atoms. The second-order valence-corrected chi connectivity index (χ2v) is 5.07. The Balaban J connectivity index is 1.97. The van der Waals surface area contributed by atoms with E-state index in [0.29, 0.717) is 18.5 Å². The van der Waals surface area contributed by atoms with Gasteiger partial charge in [0.2, 0.25) is 0 Å². The quantitative estimate of drug-likeness (QED) is 0.877. The molecule has 1 atom stereocenters. The maximum atomic E-state index is 9.48. The molecule has 19 heavy (non-hydrogen) atoms. The molecule has 1 aliphatic heterocycles. The van der Waals surface area contributed by atoms with Crippen molar-refractivity contribution in [2.24, 2.45) is 4.99 Å². The number of hydrogen-bond acceptors (Lipinski definition) is 4. The van der Waals surface area contributed by atoms with Gasteiger partial charge in [-0.1, -0.05) is 12.1 Å². The summed E-state index contributed by atoms with van der Waals surface area (Å²) in [5.74, 6) is 1.17. The van der Waals surface area contributed by atoms with Gasteiger partial charge in [-0.3, -0.25) is 0 Å². The molecule has 0 aromatic heterocycles. The van der Waals surface area contributed by atoms with Gasteiger partial charge < -0.3 is 15.3 Å². The zero-order valence-corrected chi connectivity index (χ0v) is 11.7. The van der Waals surface area contributed by atoms with Gasteiger partial charge in [0.25, 0.3) is 0 Å². The third kappa shape index (κ3) is 3.50. The number of benzene rings is 1. The van der Waals surface area contributed by atoms with Crippen LogP contribution < -0.4 is 5.32 Å². The van der Waals surface area contributed by atoms with Gasteiger partial charge in [-0.15, -0.1) is 0 Å². The summed E-state index contributed by atoms with van der Waals surface area (Å²) in [6.07, 6.45) is 4.05. The average molecular weight is 259 g/mol. The summed E-state index contributed by atoms with van der Waals surface area (Å²) in [5, 5.41) is 12.8. The molecule has 102 valence electrons. The maximum Gasteiger partial charge on any atom is 0.124 e. The Kier molecular flexibility index (Phi) is 4.10. The van der Waals surface area contributed by atoms with Crippen molar-refractivity contribution in [1.82, 2.24) is 10.2 Å². The minimum absolute atomic E-state index is 0.112. The molecule has 1 aromatic carbocycles. The topological polar surface area (TPSA) is 47.9 Å². The maximum absolute atomic E-state index is 9.48. The van der Waals surface area contributed by atoms with E-state index >= 15 is 0 Å². The highest BCUT2D eigenvalue weighted by atomic mass is 16.3. The average Bonchev–Trinajstić information content (AvgIpc) is 2.39. The Morgan fingerprint density at radius 2 is 2.11 bits per heavy atom. The minimum Gasteiger partial charge on any atom is -0.508 e. The van der Waals surface area contributed by atoms with Crippen LogP contribution in [0.1, 0.15) is 32.4 Å². The highest BCUT2D eigenvalue weighted by Crippen LogP contribution is 2.18. The van der Waals surface area contributed by atoms with E-state index in [-0.39, 0.29) is 6.04 Å². The SMILES string of the molecule is CC(NC1=NCN(C(C)C)C=C1)c1cccc(O)c1. The number of phenols is 1. The molecule has 1 aromatic rings. The van der Waals surface area contributed by atoms with Crippen LogP contribution in [-0.2, 0) is 0 Å². The van der Waals surface area contributed by atoms with Gasteiger partial charge in [0.1, 0.15) is 18.3 Å². The standard InChI is InChI=1S/C15H21N3O/c1-11(2)18-8-7-15(16-10-18)17-12(3)13-5-4-6-14(19)9-13/h4-9,11-12,19H,10H2,1-3H3,(H,16,17). The monoisotopic (exact) mass is 259 g/mol. The number of nitrogens with zero attached hydrogens (tertiary/aromatic N) is 2. The van der Waals surface area contributed by atoms with Crippen molar-refractivity contribution in [1.29, 1.82) is 0 Å². The van der Waals surface area contributed by atoms with E-state index in [1.807, 2.05) is 18.2 Å². The van der Waals surface area contributed by atoms with Gasteiger partial charge in [0, 0.05) is 12.2 Å². The molecule has 0 radical (unpaired) electrons. The van der Waals surface area contributed by atoms with Crippen molar-refractivity contribution in [3.05, 3.63) is 42.1 Å². The summed E-state index contributed by atoms with van der Waals surface area (Å²) in [7, 11) is 0. The smallest absolute Gasteiger partial charge is 0.124 e. The Labute approximate surface area is 114 Å². The molecule has 0 fully saturated rings. The molecule has 0 saturated heterocycles. The number of hydrogen-bond donors (Lipinski definition) is 2. The first kappa shape index (κ1) is 13.5. The summed E-state index contributed by atoms with van der Waals surface area (Å²) < 4.78 is 0. The van der Waals surface area contributed by atoms with Gasteiger partial charge in [0.05, 0.1) is 6.04 Å². The van der Waals surface area contributed by atoms with E-state index in [1.165, 1.54) is 0 Å². The van der Waals surface area contributed by atoms with Crippen LogP contribution in [0.15, 0.2) is 41.5 Å². The molecule has 2 rings (SSSR count). The Hall–Kier alpha value is -1.97. The van der Waals surface area contributed by atoms with E-state index in [2.05, 4.69) is 42.2 Å². The molecule has 1 heterocycles. The molecule has 4 nitrogen and oxygen atoms in total. The van der Waals surface area contributed by atoms with Crippen LogP contribution >= 0.6 is 0 Å². The minimum atomic E-state index is 0.112. The molecule has 1 unspecified atom stereocenters. The number of rotatable bonds is 3. The molecule has 0 aliphatic carbocycles. The first-order chi connectivity index (χ1) is 9.06. The summed E-state index contributed by atoms with van der Waals surface area (Å²) >= 11 is 0. The summed E-state index contributed by atoms with van der Waals surface area (Å²) in [6.45, 7) is 7.03.